The lowest BCUT2D eigenvalue weighted by molar-refractivity contribution is -0.111. The summed E-state index contributed by atoms with van der Waals surface area (Å²) in [5.74, 6) is -1.44. The van der Waals surface area contributed by atoms with Crippen molar-refractivity contribution in [3.63, 3.8) is 0 Å². The fourth-order valence-electron chi connectivity index (χ4n) is 2.79. The third kappa shape index (κ3) is 3.60. The molecule has 1 N–H and O–H groups in total. The normalized spacial score (nSPS) is 13.1. The Morgan fingerprint density at radius 2 is 2.16 bits per heavy atom. The fraction of sp³-hybridized carbons (Fsp3) is 0.222. The van der Waals surface area contributed by atoms with E-state index < -0.39 is 17.7 Å². The van der Waals surface area contributed by atoms with E-state index in [-0.39, 0.29) is 10.6 Å². The molecule has 4 nitrogen and oxygen atoms in total. The second-order valence-corrected chi connectivity index (χ2v) is 7.02. The van der Waals surface area contributed by atoms with Crippen molar-refractivity contribution in [2.24, 2.45) is 0 Å². The smallest absolute Gasteiger partial charge is 0.341 e. The third-order valence-corrected chi connectivity index (χ3v) is 5.49. The zero-order valence-electron chi connectivity index (χ0n) is 13.4. The molecule has 1 heterocycles. The van der Waals surface area contributed by atoms with Crippen molar-refractivity contribution in [3.8, 4) is 0 Å². The molecule has 7 heteroatoms. The lowest BCUT2D eigenvalue weighted by atomic mass is 10.1. The van der Waals surface area contributed by atoms with Gasteiger partial charge in [0.05, 0.1) is 17.7 Å². The quantitative estimate of drug-likeness (QED) is 0.630. The van der Waals surface area contributed by atoms with Gasteiger partial charge in [-0.05, 0) is 43.0 Å². The lowest BCUT2D eigenvalue weighted by Crippen LogP contribution is -2.12. The number of thiophene rings is 1. The highest BCUT2D eigenvalue weighted by molar-refractivity contribution is 7.17. The van der Waals surface area contributed by atoms with Crippen LogP contribution in [0, 0.1) is 5.82 Å². The molecule has 130 valence electrons. The molecule has 0 saturated carbocycles. The Morgan fingerprint density at radius 1 is 1.36 bits per heavy atom. The first-order chi connectivity index (χ1) is 12.0. The molecule has 0 unspecified atom stereocenters. The summed E-state index contributed by atoms with van der Waals surface area (Å²) in [6, 6.07) is 4.30. The summed E-state index contributed by atoms with van der Waals surface area (Å²) in [5.41, 5.74) is 1.51. The Labute approximate surface area is 153 Å². The Hall–Kier alpha value is -2.18. The minimum Gasteiger partial charge on any atom is -0.465 e. The Kier molecular flexibility index (Phi) is 5.20. The molecule has 1 aliphatic rings. The predicted octanol–water partition coefficient (Wildman–Crippen LogP) is 4.47. The summed E-state index contributed by atoms with van der Waals surface area (Å²) in [6.07, 6.45) is 5.18. The highest BCUT2D eigenvalue weighted by atomic mass is 35.5. The van der Waals surface area contributed by atoms with Crippen LogP contribution in [0.5, 0.6) is 0 Å². The molecule has 0 atom stereocenters. The van der Waals surface area contributed by atoms with Crippen molar-refractivity contribution >= 4 is 45.9 Å². The van der Waals surface area contributed by atoms with Crippen molar-refractivity contribution in [3.05, 3.63) is 56.7 Å². The highest BCUT2D eigenvalue weighted by Crippen LogP contribution is 2.39. The first-order valence-electron chi connectivity index (χ1n) is 7.67. The van der Waals surface area contributed by atoms with Crippen LogP contribution in [-0.2, 0) is 22.4 Å². The molecule has 0 aliphatic heterocycles. The first kappa shape index (κ1) is 17.6. The van der Waals surface area contributed by atoms with E-state index in [4.69, 9.17) is 16.3 Å². The summed E-state index contributed by atoms with van der Waals surface area (Å²) < 4.78 is 18.6. The van der Waals surface area contributed by atoms with Crippen molar-refractivity contribution in [2.45, 2.75) is 19.3 Å². The zero-order chi connectivity index (χ0) is 18.0. The van der Waals surface area contributed by atoms with Crippen LogP contribution in [0.3, 0.4) is 0 Å². The van der Waals surface area contributed by atoms with Gasteiger partial charge in [-0.2, -0.15) is 0 Å². The number of aryl methyl sites for hydroxylation is 1. The summed E-state index contributed by atoms with van der Waals surface area (Å²) in [6.45, 7) is 0. The molecule has 1 aromatic heterocycles. The summed E-state index contributed by atoms with van der Waals surface area (Å²) in [7, 11) is 1.31. The second kappa shape index (κ2) is 7.37. The van der Waals surface area contributed by atoms with E-state index in [0.717, 1.165) is 29.7 Å². The van der Waals surface area contributed by atoms with Gasteiger partial charge in [0.2, 0.25) is 5.91 Å². The van der Waals surface area contributed by atoms with Crippen LogP contribution < -0.4 is 5.32 Å². The molecule has 1 aliphatic carbocycles. The average molecular weight is 380 g/mol. The molecule has 0 radical (unpaired) electrons. The van der Waals surface area contributed by atoms with Crippen LogP contribution in [-0.4, -0.2) is 19.0 Å². The van der Waals surface area contributed by atoms with Crippen LogP contribution in [0.1, 0.15) is 32.8 Å². The Morgan fingerprint density at radius 3 is 2.88 bits per heavy atom. The monoisotopic (exact) mass is 379 g/mol. The van der Waals surface area contributed by atoms with Gasteiger partial charge in [-0.1, -0.05) is 17.7 Å². The number of hydrogen-bond donors (Lipinski definition) is 1. The maximum atomic E-state index is 13.7. The molecule has 3 rings (SSSR count). The maximum absolute atomic E-state index is 13.7. The summed E-state index contributed by atoms with van der Waals surface area (Å²) in [4.78, 5) is 25.3. The standard InChI is InChI=1S/C18H15ClFNO3S/c1-24-18(23)16-11-4-2-7-14(11)25-17(16)21-15(22)9-8-10-12(19)5-3-6-13(10)20/h3,5-6,8-9H,2,4,7H2,1H3,(H,21,22)/b9-8+. The molecule has 0 saturated heterocycles. The Bertz CT molecular complexity index is 855. The fourth-order valence-corrected chi connectivity index (χ4v) is 4.30. The van der Waals surface area contributed by atoms with Gasteiger partial charge in [0, 0.05) is 16.5 Å². The van der Waals surface area contributed by atoms with Gasteiger partial charge in [0.15, 0.2) is 0 Å². The molecule has 0 fully saturated rings. The van der Waals surface area contributed by atoms with E-state index >= 15 is 0 Å². The maximum Gasteiger partial charge on any atom is 0.341 e. The van der Waals surface area contributed by atoms with E-state index in [2.05, 4.69) is 5.32 Å². The van der Waals surface area contributed by atoms with Crippen LogP contribution in [0.2, 0.25) is 5.02 Å². The number of halogens is 2. The molecular formula is C18H15ClFNO3S. The van der Waals surface area contributed by atoms with Crippen LogP contribution in [0.25, 0.3) is 6.08 Å². The van der Waals surface area contributed by atoms with Crippen molar-refractivity contribution in [1.82, 2.24) is 0 Å². The van der Waals surface area contributed by atoms with Gasteiger partial charge in [-0.3, -0.25) is 4.79 Å². The number of carbonyl (C=O) groups excluding carboxylic acids is 2. The van der Waals surface area contributed by atoms with Crippen LogP contribution in [0.15, 0.2) is 24.3 Å². The van der Waals surface area contributed by atoms with E-state index in [1.165, 1.54) is 42.7 Å². The molecule has 2 aromatic rings. The topological polar surface area (TPSA) is 55.4 Å². The van der Waals surface area contributed by atoms with Crippen molar-refractivity contribution in [1.29, 1.82) is 0 Å². The van der Waals surface area contributed by atoms with Crippen LogP contribution in [0.4, 0.5) is 9.39 Å². The second-order valence-electron chi connectivity index (χ2n) is 5.51. The number of hydrogen-bond acceptors (Lipinski definition) is 4. The number of nitrogens with one attached hydrogen (secondary N) is 1. The van der Waals surface area contributed by atoms with Gasteiger partial charge in [0.25, 0.3) is 0 Å². The van der Waals surface area contributed by atoms with E-state index in [1.54, 1.807) is 6.07 Å². The predicted molar refractivity (Wildman–Crippen MR) is 96.8 cm³/mol. The molecule has 1 amide bonds. The van der Waals surface area contributed by atoms with Gasteiger partial charge < -0.3 is 10.1 Å². The lowest BCUT2D eigenvalue weighted by Gasteiger charge is -2.05. The van der Waals surface area contributed by atoms with Crippen molar-refractivity contribution < 1.29 is 18.7 Å². The number of amides is 1. The van der Waals surface area contributed by atoms with E-state index in [9.17, 15) is 14.0 Å². The Balaban J connectivity index is 1.82. The summed E-state index contributed by atoms with van der Waals surface area (Å²) in [5, 5.41) is 3.37. The number of carbonyl (C=O) groups is 2. The molecule has 0 bridgehead atoms. The SMILES string of the molecule is COC(=O)c1c(NC(=O)/C=C/c2c(F)cccc2Cl)sc2c1CCC2. The highest BCUT2D eigenvalue weighted by Gasteiger charge is 2.27. The first-order valence-corrected chi connectivity index (χ1v) is 8.86. The number of benzene rings is 1. The number of esters is 1. The molecule has 0 spiro atoms. The zero-order valence-corrected chi connectivity index (χ0v) is 15.0. The molecule has 1 aromatic carbocycles. The average Bonchev–Trinajstić information content (AvgIpc) is 3.14. The number of methoxy groups -OCH3 is 1. The minimum absolute atomic E-state index is 0.140. The molecular weight excluding hydrogens is 365 g/mol. The van der Waals surface area contributed by atoms with Crippen LogP contribution >= 0.6 is 22.9 Å². The van der Waals surface area contributed by atoms with Gasteiger partial charge in [-0.15, -0.1) is 11.3 Å². The molecule has 25 heavy (non-hydrogen) atoms. The van der Waals surface area contributed by atoms with Gasteiger partial charge in [0.1, 0.15) is 10.8 Å². The number of fused-ring (bicyclic) bond motifs is 1. The van der Waals surface area contributed by atoms with Crippen molar-refractivity contribution in [2.75, 3.05) is 12.4 Å². The van der Waals surface area contributed by atoms with Gasteiger partial charge in [-0.25, -0.2) is 9.18 Å². The third-order valence-electron chi connectivity index (χ3n) is 3.95. The largest absolute Gasteiger partial charge is 0.465 e. The van der Waals surface area contributed by atoms with E-state index in [1.807, 2.05) is 0 Å². The van der Waals surface area contributed by atoms with E-state index in [0.29, 0.717) is 10.6 Å². The van der Waals surface area contributed by atoms with Gasteiger partial charge >= 0.3 is 5.97 Å². The number of rotatable bonds is 4. The number of ether oxygens (including phenoxy) is 1. The number of anilines is 1. The minimum atomic E-state index is -0.512. The summed E-state index contributed by atoms with van der Waals surface area (Å²) >= 11 is 7.31.